The molecule has 1 aliphatic heterocycles. The van der Waals surface area contributed by atoms with E-state index in [0.29, 0.717) is 24.1 Å². The van der Waals surface area contributed by atoms with Crippen LogP contribution < -0.4 is 11.1 Å². The smallest absolute Gasteiger partial charge is 0.410 e. The van der Waals surface area contributed by atoms with Crippen molar-refractivity contribution in [2.24, 2.45) is 10.9 Å². The van der Waals surface area contributed by atoms with E-state index in [1.807, 2.05) is 6.92 Å². The molecule has 0 spiro atoms. The van der Waals surface area contributed by atoms with Crippen molar-refractivity contribution in [2.75, 3.05) is 27.3 Å². The number of amidine groups is 1. The number of likely N-dealkylation sites (N-methyl/N-ethyl adjacent to an activating group) is 1. The molecule has 1 aromatic carbocycles. The molecule has 4 N–H and O–H groups in total. The maximum Gasteiger partial charge on any atom is 0.410 e. The van der Waals surface area contributed by atoms with Gasteiger partial charge in [-0.3, -0.25) is 15.1 Å². The lowest BCUT2D eigenvalue weighted by molar-refractivity contribution is -0.146. The van der Waals surface area contributed by atoms with Gasteiger partial charge in [-0.15, -0.1) is 0 Å². The summed E-state index contributed by atoms with van der Waals surface area (Å²) in [6, 6.07) is 5.99. The average Bonchev–Trinajstić information content (AvgIpc) is 3.27. The number of rotatable bonds is 11. The van der Waals surface area contributed by atoms with Gasteiger partial charge in [-0.2, -0.15) is 0 Å². The molecule has 0 unspecified atom stereocenters. The minimum atomic E-state index is -1.02. The van der Waals surface area contributed by atoms with Crippen molar-refractivity contribution in [1.82, 2.24) is 10.2 Å². The van der Waals surface area contributed by atoms with E-state index in [9.17, 15) is 14.4 Å². The van der Waals surface area contributed by atoms with Crippen LogP contribution in [0.2, 0.25) is 0 Å². The van der Waals surface area contributed by atoms with Crippen molar-refractivity contribution >= 4 is 29.5 Å². The van der Waals surface area contributed by atoms with Crippen LogP contribution in [-0.2, 0) is 23.9 Å². The molecule has 2 atom stereocenters. The van der Waals surface area contributed by atoms with Gasteiger partial charge in [-0.1, -0.05) is 42.8 Å². The van der Waals surface area contributed by atoms with Gasteiger partial charge in [-0.05, 0) is 12.0 Å². The number of oxime groups is 1. The number of nitrogen functional groups attached to an aromatic ring is 1. The SMILES string of the molecule is CCCCOC(=O)N(C)[C@@H](CNC(=O)C[C@H]1CC(c2ccc(C(=N)N)cc2)=NO1)C(=O)OC. The third-order valence-corrected chi connectivity index (χ3v) is 5.12. The molecule has 0 fully saturated rings. The Kier molecular flexibility index (Phi) is 9.64. The maximum atomic E-state index is 12.4. The molecule has 180 valence electrons. The fourth-order valence-electron chi connectivity index (χ4n) is 3.09. The summed E-state index contributed by atoms with van der Waals surface area (Å²) in [4.78, 5) is 43.2. The fraction of sp³-hybridized carbons (Fsp3) is 0.500. The highest BCUT2D eigenvalue weighted by atomic mass is 16.6. The third-order valence-electron chi connectivity index (χ3n) is 5.12. The predicted molar refractivity (Wildman–Crippen MR) is 121 cm³/mol. The number of benzene rings is 1. The van der Waals surface area contributed by atoms with Gasteiger partial charge in [-0.25, -0.2) is 9.59 Å². The normalized spacial score (nSPS) is 15.6. The van der Waals surface area contributed by atoms with E-state index in [1.54, 1.807) is 24.3 Å². The van der Waals surface area contributed by atoms with Crippen molar-refractivity contribution in [3.05, 3.63) is 35.4 Å². The lowest BCUT2D eigenvalue weighted by atomic mass is 10.0. The average molecular weight is 462 g/mol. The summed E-state index contributed by atoms with van der Waals surface area (Å²) < 4.78 is 9.88. The van der Waals surface area contributed by atoms with Crippen molar-refractivity contribution in [2.45, 2.75) is 44.8 Å². The number of amides is 2. The third kappa shape index (κ3) is 7.48. The van der Waals surface area contributed by atoms with E-state index >= 15 is 0 Å². The van der Waals surface area contributed by atoms with E-state index in [4.69, 9.17) is 25.5 Å². The molecule has 33 heavy (non-hydrogen) atoms. The van der Waals surface area contributed by atoms with E-state index in [-0.39, 0.29) is 31.3 Å². The predicted octanol–water partition coefficient (Wildman–Crippen LogP) is 1.38. The zero-order chi connectivity index (χ0) is 24.4. The molecule has 1 aliphatic rings. The maximum absolute atomic E-state index is 12.4. The van der Waals surface area contributed by atoms with Gasteiger partial charge in [0.05, 0.1) is 25.8 Å². The molecule has 0 saturated heterocycles. The zero-order valence-electron chi connectivity index (χ0n) is 19.1. The first-order valence-corrected chi connectivity index (χ1v) is 10.7. The van der Waals surface area contributed by atoms with Crippen LogP contribution in [-0.4, -0.2) is 73.9 Å². The number of carbonyl (C=O) groups is 3. The number of unbranched alkanes of at least 4 members (excludes halogenated alkanes) is 1. The van der Waals surface area contributed by atoms with Gasteiger partial charge in [0.2, 0.25) is 5.91 Å². The van der Waals surface area contributed by atoms with Gasteiger partial charge in [0.1, 0.15) is 18.0 Å². The fourth-order valence-corrected chi connectivity index (χ4v) is 3.09. The van der Waals surface area contributed by atoms with E-state index in [1.165, 1.54) is 14.2 Å². The molecular formula is C22H31N5O6. The Morgan fingerprint density at radius 3 is 2.64 bits per heavy atom. The molecule has 0 aromatic heterocycles. The van der Waals surface area contributed by atoms with Crippen molar-refractivity contribution in [3.63, 3.8) is 0 Å². The second-order valence-electron chi connectivity index (χ2n) is 7.59. The molecule has 0 bridgehead atoms. The number of nitrogens with two attached hydrogens (primary N) is 1. The number of nitrogens with zero attached hydrogens (tertiary/aromatic N) is 2. The molecule has 0 saturated carbocycles. The highest BCUT2D eigenvalue weighted by Gasteiger charge is 2.30. The van der Waals surface area contributed by atoms with Gasteiger partial charge in [0.25, 0.3) is 0 Å². The van der Waals surface area contributed by atoms with Crippen molar-refractivity contribution < 1.29 is 28.7 Å². The summed E-state index contributed by atoms with van der Waals surface area (Å²) in [5.41, 5.74) is 7.57. The van der Waals surface area contributed by atoms with Crippen LogP contribution in [0.25, 0.3) is 0 Å². The number of carbonyl (C=O) groups excluding carboxylic acids is 3. The van der Waals surface area contributed by atoms with Gasteiger partial charge >= 0.3 is 12.1 Å². The monoisotopic (exact) mass is 461 g/mol. The highest BCUT2D eigenvalue weighted by Crippen LogP contribution is 2.19. The van der Waals surface area contributed by atoms with E-state index in [2.05, 4.69) is 10.5 Å². The quantitative estimate of drug-likeness (QED) is 0.194. The molecule has 11 heteroatoms. The Morgan fingerprint density at radius 1 is 1.33 bits per heavy atom. The minimum Gasteiger partial charge on any atom is -0.467 e. The zero-order valence-corrected chi connectivity index (χ0v) is 19.1. The first-order valence-electron chi connectivity index (χ1n) is 10.7. The molecule has 1 heterocycles. The summed E-state index contributed by atoms with van der Waals surface area (Å²) in [6.45, 7) is 2.09. The van der Waals surface area contributed by atoms with E-state index < -0.39 is 24.2 Å². The standard InChI is InChI=1S/C22H31N5O6/c1-4-5-10-32-22(30)27(2)18(21(29)31-3)13-25-19(28)12-16-11-17(26-33-16)14-6-8-15(9-7-14)20(23)24/h6-9,16,18H,4-5,10-13H2,1-3H3,(H3,23,24)(H,25,28)/t16-,18+/m1/s1. The van der Waals surface area contributed by atoms with Crippen LogP contribution >= 0.6 is 0 Å². The lowest BCUT2D eigenvalue weighted by Gasteiger charge is -2.25. The summed E-state index contributed by atoms with van der Waals surface area (Å²) >= 11 is 0. The highest BCUT2D eigenvalue weighted by molar-refractivity contribution is 6.02. The van der Waals surface area contributed by atoms with Gasteiger partial charge in [0.15, 0.2) is 0 Å². The minimum absolute atomic E-state index is 0.0224. The molecule has 2 amide bonds. The summed E-state index contributed by atoms with van der Waals surface area (Å²) in [6.07, 6.45) is 0.910. The number of hydrogen-bond donors (Lipinski definition) is 3. The molecule has 1 aromatic rings. The van der Waals surface area contributed by atoms with Crippen LogP contribution in [0.4, 0.5) is 4.79 Å². The molecular weight excluding hydrogens is 430 g/mol. The topological polar surface area (TPSA) is 156 Å². The number of esters is 1. The van der Waals surface area contributed by atoms with Crippen LogP contribution in [0.3, 0.4) is 0 Å². The first-order chi connectivity index (χ1) is 15.8. The van der Waals surface area contributed by atoms with Gasteiger partial charge in [0, 0.05) is 25.6 Å². The first kappa shape index (κ1) is 25.6. The summed E-state index contributed by atoms with van der Waals surface area (Å²) in [7, 11) is 2.63. The van der Waals surface area contributed by atoms with Crippen molar-refractivity contribution in [1.29, 1.82) is 5.41 Å². The van der Waals surface area contributed by atoms with Crippen LogP contribution in [0, 0.1) is 5.41 Å². The van der Waals surface area contributed by atoms with E-state index in [0.717, 1.165) is 16.9 Å². The molecule has 2 rings (SSSR count). The Bertz CT molecular complexity index is 886. The Balaban J connectivity index is 1.85. The lowest BCUT2D eigenvalue weighted by Crippen LogP contribution is -2.50. The largest absolute Gasteiger partial charge is 0.467 e. The van der Waals surface area contributed by atoms with Crippen LogP contribution in [0.15, 0.2) is 29.4 Å². The second kappa shape index (κ2) is 12.4. The Morgan fingerprint density at radius 2 is 2.03 bits per heavy atom. The summed E-state index contributed by atoms with van der Waals surface area (Å²) in [5.74, 6) is -1.04. The van der Waals surface area contributed by atoms with Gasteiger partial charge < -0.3 is 25.4 Å². The Labute approximate surface area is 192 Å². The summed E-state index contributed by atoms with van der Waals surface area (Å²) in [5, 5.41) is 14.1. The number of methoxy groups -OCH3 is 1. The van der Waals surface area contributed by atoms with Crippen LogP contribution in [0.5, 0.6) is 0 Å². The Hall–Kier alpha value is -3.63. The second-order valence-corrected chi connectivity index (χ2v) is 7.59. The number of ether oxygens (including phenoxy) is 2. The molecule has 0 radical (unpaired) electrons. The number of hydrogen-bond acceptors (Lipinski definition) is 8. The van der Waals surface area contributed by atoms with Crippen molar-refractivity contribution in [3.8, 4) is 0 Å². The number of nitrogens with one attached hydrogen (secondary N) is 2. The molecule has 11 nitrogen and oxygen atoms in total. The van der Waals surface area contributed by atoms with Crippen LogP contribution in [0.1, 0.15) is 43.7 Å². The molecule has 0 aliphatic carbocycles.